The lowest BCUT2D eigenvalue weighted by Gasteiger charge is -2.21. The number of anilines is 1. The van der Waals surface area contributed by atoms with Crippen molar-refractivity contribution >= 4 is 33.3 Å². The molecule has 1 aliphatic carbocycles. The Balaban J connectivity index is 1.76. The third kappa shape index (κ3) is 4.19. The average Bonchev–Trinajstić information content (AvgIpc) is 2.95. The van der Waals surface area contributed by atoms with E-state index in [0.717, 1.165) is 0 Å². The van der Waals surface area contributed by atoms with Gasteiger partial charge in [0.15, 0.2) is 0 Å². The van der Waals surface area contributed by atoms with Crippen molar-refractivity contribution in [1.82, 2.24) is 10.2 Å². The number of alkyl halides is 3. The first-order chi connectivity index (χ1) is 12.6. The molecule has 0 spiro atoms. The van der Waals surface area contributed by atoms with Crippen LogP contribution in [0.1, 0.15) is 17.7 Å². The van der Waals surface area contributed by atoms with Crippen LogP contribution in [0, 0.1) is 5.92 Å². The Morgan fingerprint density at radius 3 is 2.78 bits per heavy atom. The van der Waals surface area contributed by atoms with Crippen molar-refractivity contribution in [2.45, 2.75) is 24.8 Å². The molecule has 1 aromatic carbocycles. The average molecular weight is 424 g/mol. The lowest BCUT2D eigenvalue weighted by molar-refractivity contribution is -0.120. The zero-order chi connectivity index (χ0) is 19.8. The van der Waals surface area contributed by atoms with Gasteiger partial charge in [-0.3, -0.25) is 9.89 Å². The van der Waals surface area contributed by atoms with Gasteiger partial charge in [-0.05, 0) is 37.5 Å². The molecule has 1 atom stereocenters. The molecule has 3 rings (SSSR count). The largest absolute Gasteiger partial charge is 0.534 e. The Morgan fingerprint density at radius 1 is 1.37 bits per heavy atom. The van der Waals surface area contributed by atoms with Gasteiger partial charge >= 0.3 is 15.6 Å². The highest BCUT2D eigenvalue weighted by atomic mass is 35.5. The number of aromatic nitrogens is 2. The van der Waals surface area contributed by atoms with Gasteiger partial charge in [0.05, 0.1) is 0 Å². The molecule has 146 valence electrons. The minimum atomic E-state index is -5.84. The number of aryl methyl sites for hydroxylation is 1. The molecule has 1 unspecified atom stereocenters. The van der Waals surface area contributed by atoms with E-state index in [9.17, 15) is 26.4 Å². The maximum Gasteiger partial charge on any atom is 0.534 e. The fourth-order valence-electron chi connectivity index (χ4n) is 2.72. The number of carbonyl (C=O) groups is 1. The van der Waals surface area contributed by atoms with E-state index in [2.05, 4.69) is 19.7 Å². The highest BCUT2D eigenvalue weighted by Gasteiger charge is 2.49. The molecule has 0 aliphatic heterocycles. The predicted octanol–water partition coefficient (Wildman–Crippen LogP) is 3.04. The summed E-state index contributed by atoms with van der Waals surface area (Å²) in [6.07, 6.45) is 0.708. The van der Waals surface area contributed by atoms with Gasteiger partial charge in [0, 0.05) is 27.9 Å². The summed E-state index contributed by atoms with van der Waals surface area (Å²) in [6.45, 7) is 0. The number of hydrogen-bond acceptors (Lipinski definition) is 5. The number of nitrogens with one attached hydrogen (secondary N) is 2. The lowest BCUT2D eigenvalue weighted by atomic mass is 9.87. The van der Waals surface area contributed by atoms with E-state index in [-0.39, 0.29) is 17.9 Å². The van der Waals surface area contributed by atoms with Crippen LogP contribution in [0.5, 0.6) is 5.88 Å². The van der Waals surface area contributed by atoms with Crippen molar-refractivity contribution < 1.29 is 30.6 Å². The number of benzene rings is 1. The molecule has 7 nitrogen and oxygen atoms in total. The summed E-state index contributed by atoms with van der Waals surface area (Å²) in [5.74, 6) is -1.65. The minimum absolute atomic E-state index is 0.0130. The molecule has 27 heavy (non-hydrogen) atoms. The van der Waals surface area contributed by atoms with Gasteiger partial charge in [0.1, 0.15) is 0 Å². The molecule has 0 radical (unpaired) electrons. The van der Waals surface area contributed by atoms with Crippen molar-refractivity contribution in [2.75, 3.05) is 5.32 Å². The summed E-state index contributed by atoms with van der Waals surface area (Å²) < 4.78 is 64.1. The zero-order valence-corrected chi connectivity index (χ0v) is 15.1. The van der Waals surface area contributed by atoms with Gasteiger partial charge in [-0.1, -0.05) is 17.7 Å². The Hall–Kier alpha value is -2.27. The topological polar surface area (TPSA) is 101 Å². The van der Waals surface area contributed by atoms with Gasteiger partial charge in [0.2, 0.25) is 5.91 Å². The lowest BCUT2D eigenvalue weighted by Crippen LogP contribution is -2.30. The number of hydrogen-bond donors (Lipinski definition) is 2. The maximum atomic E-state index is 12.5. The van der Waals surface area contributed by atoms with E-state index < -0.39 is 27.4 Å². The van der Waals surface area contributed by atoms with Crippen molar-refractivity contribution in [3.63, 3.8) is 0 Å². The summed E-state index contributed by atoms with van der Waals surface area (Å²) in [6, 6.07) is 6.48. The molecule has 0 fully saturated rings. The second-order valence-corrected chi connectivity index (χ2v) is 7.88. The molecule has 0 saturated carbocycles. The monoisotopic (exact) mass is 423 g/mol. The zero-order valence-electron chi connectivity index (χ0n) is 13.5. The molecule has 1 aromatic heterocycles. The smallest absolute Gasteiger partial charge is 0.353 e. The van der Waals surface area contributed by atoms with Gasteiger partial charge in [-0.15, -0.1) is 5.10 Å². The summed E-state index contributed by atoms with van der Waals surface area (Å²) in [7, 11) is -5.84. The molecule has 1 aliphatic rings. The molecule has 1 amide bonds. The minimum Gasteiger partial charge on any atom is -0.353 e. The third-order valence-electron chi connectivity index (χ3n) is 4.04. The van der Waals surface area contributed by atoms with E-state index in [1.807, 2.05) is 0 Å². The second kappa shape index (κ2) is 7.04. The van der Waals surface area contributed by atoms with Crippen LogP contribution in [0.2, 0.25) is 5.02 Å². The molecule has 0 bridgehead atoms. The van der Waals surface area contributed by atoms with Crippen LogP contribution >= 0.6 is 11.6 Å². The number of rotatable bonds is 4. The molecule has 2 N–H and O–H groups in total. The Kier molecular flexibility index (Phi) is 5.08. The summed E-state index contributed by atoms with van der Waals surface area (Å²) in [5.41, 5.74) is -4.52. The van der Waals surface area contributed by atoms with Crippen LogP contribution in [0.3, 0.4) is 0 Å². The number of halogens is 4. The predicted molar refractivity (Wildman–Crippen MR) is 89.8 cm³/mol. The number of aromatic amines is 1. The van der Waals surface area contributed by atoms with Crippen LogP contribution < -0.4 is 9.50 Å². The Bertz CT molecular complexity index is 975. The van der Waals surface area contributed by atoms with Gasteiger partial charge in [-0.25, -0.2) is 0 Å². The molecular weight excluding hydrogens is 411 g/mol. The van der Waals surface area contributed by atoms with Crippen LogP contribution in [0.25, 0.3) is 0 Å². The molecule has 1 heterocycles. The highest BCUT2D eigenvalue weighted by molar-refractivity contribution is 7.87. The quantitative estimate of drug-likeness (QED) is 0.581. The number of fused-ring (bicyclic) bond motifs is 1. The van der Waals surface area contributed by atoms with Crippen molar-refractivity contribution in [3.8, 4) is 5.88 Å². The van der Waals surface area contributed by atoms with Crippen molar-refractivity contribution in [3.05, 3.63) is 40.5 Å². The Morgan fingerprint density at radius 2 is 2.11 bits per heavy atom. The first-order valence-electron chi connectivity index (χ1n) is 7.70. The van der Waals surface area contributed by atoms with Crippen LogP contribution in [0.4, 0.5) is 18.9 Å². The third-order valence-corrected chi connectivity index (χ3v) is 5.22. The van der Waals surface area contributed by atoms with Gasteiger partial charge < -0.3 is 9.50 Å². The van der Waals surface area contributed by atoms with Crippen LogP contribution in [0.15, 0.2) is 24.3 Å². The fraction of sp³-hybridized carbons (Fsp3) is 0.333. The van der Waals surface area contributed by atoms with Crippen molar-refractivity contribution in [2.24, 2.45) is 5.92 Å². The van der Waals surface area contributed by atoms with Crippen LogP contribution in [-0.2, 0) is 27.8 Å². The van der Waals surface area contributed by atoms with E-state index in [0.29, 0.717) is 29.2 Å². The summed E-state index contributed by atoms with van der Waals surface area (Å²) in [5, 5.41) is 9.08. The Labute approximate surface area is 157 Å². The molecule has 0 saturated heterocycles. The molecule has 12 heteroatoms. The van der Waals surface area contributed by atoms with E-state index >= 15 is 0 Å². The standard InChI is InChI=1S/C15H13ClF3N3O4S/c16-9-2-1-3-10(7-9)20-13(23)8-4-5-12-11(6-8)14(22-21-12)26-27(24,25)15(17,18)19/h1-3,7-8H,4-6H2,(H,20,23)(H,21,22). The molecule has 2 aromatic rings. The number of nitrogens with zero attached hydrogens (tertiary/aromatic N) is 1. The molecular formula is C15H13ClF3N3O4S. The van der Waals surface area contributed by atoms with Crippen molar-refractivity contribution in [1.29, 1.82) is 0 Å². The van der Waals surface area contributed by atoms with E-state index in [1.165, 1.54) is 0 Å². The van der Waals surface area contributed by atoms with E-state index in [4.69, 9.17) is 11.6 Å². The first-order valence-corrected chi connectivity index (χ1v) is 9.49. The first kappa shape index (κ1) is 19.5. The SMILES string of the molecule is O=C(Nc1cccc(Cl)c1)C1CCc2[nH]nc(OS(=O)(=O)C(F)(F)F)c2C1. The maximum absolute atomic E-state index is 12.5. The summed E-state index contributed by atoms with van der Waals surface area (Å²) >= 11 is 5.86. The van der Waals surface area contributed by atoms with Crippen LogP contribution in [-0.4, -0.2) is 30.0 Å². The van der Waals surface area contributed by atoms with Gasteiger partial charge in [-0.2, -0.15) is 21.6 Å². The van der Waals surface area contributed by atoms with Gasteiger partial charge in [0.25, 0.3) is 5.88 Å². The number of carbonyl (C=O) groups excluding carboxylic acids is 1. The second-order valence-electron chi connectivity index (χ2n) is 5.91. The highest BCUT2D eigenvalue weighted by Crippen LogP contribution is 2.34. The summed E-state index contributed by atoms with van der Waals surface area (Å²) in [4.78, 5) is 12.4. The number of amides is 1. The fourth-order valence-corrected chi connectivity index (χ4v) is 3.35. The van der Waals surface area contributed by atoms with E-state index in [1.54, 1.807) is 24.3 Å². The number of H-pyrrole nitrogens is 1. The normalized spacial score (nSPS) is 17.3.